The average Bonchev–Trinajstić information content (AvgIpc) is 3.05. The molecule has 3 unspecified atom stereocenters. The van der Waals surface area contributed by atoms with E-state index in [-0.39, 0.29) is 18.1 Å². The van der Waals surface area contributed by atoms with Crippen LogP contribution in [0.2, 0.25) is 0 Å². The molecule has 1 N–H and O–H groups in total. The number of halogens is 2. The smallest absolute Gasteiger partial charge is 0.223 e. The molecule has 0 bridgehead atoms. The molecule has 1 spiro atoms. The van der Waals surface area contributed by atoms with Gasteiger partial charge in [-0.05, 0) is 51.8 Å². The van der Waals surface area contributed by atoms with Crippen molar-refractivity contribution in [1.82, 2.24) is 19.8 Å². The van der Waals surface area contributed by atoms with Gasteiger partial charge in [0.1, 0.15) is 18.1 Å². The van der Waals surface area contributed by atoms with Crippen LogP contribution in [0.25, 0.3) is 0 Å². The summed E-state index contributed by atoms with van der Waals surface area (Å²) < 4.78 is 56.7. The van der Waals surface area contributed by atoms with Gasteiger partial charge in [0.15, 0.2) is 23.5 Å². The Morgan fingerprint density at radius 2 is 1.73 bits per heavy atom. The van der Waals surface area contributed by atoms with Crippen LogP contribution in [0.4, 0.5) is 14.7 Å². The van der Waals surface area contributed by atoms with Crippen LogP contribution in [0, 0.1) is 11.3 Å². The second kappa shape index (κ2) is 13.2. The average molecular weight is 630 g/mol. The van der Waals surface area contributed by atoms with E-state index in [0.717, 1.165) is 50.6 Å². The van der Waals surface area contributed by atoms with Crippen LogP contribution in [0.1, 0.15) is 39.0 Å². The van der Waals surface area contributed by atoms with Gasteiger partial charge >= 0.3 is 0 Å². The molecule has 45 heavy (non-hydrogen) atoms. The van der Waals surface area contributed by atoms with E-state index in [1.807, 2.05) is 0 Å². The number of ether oxygens (including phenoxy) is 5. The van der Waals surface area contributed by atoms with E-state index in [1.165, 1.54) is 58.6 Å². The molecular weight excluding hydrogens is 584 g/mol. The maximum atomic E-state index is 14.8. The van der Waals surface area contributed by atoms with Crippen LogP contribution in [0.15, 0.2) is 59.4 Å². The van der Waals surface area contributed by atoms with Crippen molar-refractivity contribution in [3.05, 3.63) is 59.4 Å². The first-order chi connectivity index (χ1) is 21.7. The van der Waals surface area contributed by atoms with Gasteiger partial charge in [-0.3, -0.25) is 0 Å². The number of allylic oxidation sites excluding steroid dienone is 3. The van der Waals surface area contributed by atoms with Crippen LogP contribution < -0.4 is 10.1 Å². The number of rotatable bonds is 10. The van der Waals surface area contributed by atoms with E-state index in [4.69, 9.17) is 23.7 Å². The minimum Gasteiger partial charge on any atom is -0.499 e. The fraction of sp³-hybridized carbons (Fsp3) is 0.636. The molecule has 3 fully saturated rings. The van der Waals surface area contributed by atoms with E-state index in [2.05, 4.69) is 44.2 Å². The molecule has 246 valence electrons. The van der Waals surface area contributed by atoms with E-state index in [9.17, 15) is 8.78 Å². The first-order valence-corrected chi connectivity index (χ1v) is 15.8. The van der Waals surface area contributed by atoms with Gasteiger partial charge in [-0.1, -0.05) is 6.08 Å². The molecule has 1 aromatic rings. The maximum absolute atomic E-state index is 14.8. The molecule has 0 saturated carbocycles. The number of methoxy groups -OCH3 is 3. The molecular formula is C33H45F2N5O5. The molecule has 6 rings (SSSR count). The zero-order valence-corrected chi connectivity index (χ0v) is 26.7. The Kier molecular flexibility index (Phi) is 9.24. The van der Waals surface area contributed by atoms with Gasteiger partial charge in [0.25, 0.3) is 0 Å². The Morgan fingerprint density at radius 3 is 2.33 bits per heavy atom. The lowest BCUT2D eigenvalue weighted by Gasteiger charge is -2.50. The van der Waals surface area contributed by atoms with Gasteiger partial charge in [-0.25, -0.2) is 18.7 Å². The number of nitrogens with one attached hydrogen (secondary N) is 1. The van der Waals surface area contributed by atoms with Crippen LogP contribution >= 0.6 is 0 Å². The van der Waals surface area contributed by atoms with Gasteiger partial charge in [0.2, 0.25) is 5.95 Å². The molecule has 10 nitrogen and oxygen atoms in total. The predicted molar refractivity (Wildman–Crippen MR) is 165 cm³/mol. The molecule has 2 aliphatic carbocycles. The van der Waals surface area contributed by atoms with Crippen LogP contribution in [0.3, 0.4) is 0 Å². The molecule has 0 aromatic carbocycles. The largest absolute Gasteiger partial charge is 0.499 e. The van der Waals surface area contributed by atoms with Crippen LogP contribution in [-0.2, 0) is 18.9 Å². The van der Waals surface area contributed by atoms with Gasteiger partial charge in [0.05, 0.1) is 64.1 Å². The van der Waals surface area contributed by atoms with E-state index < -0.39 is 23.5 Å². The fourth-order valence-electron chi connectivity index (χ4n) is 7.07. The number of aromatic nitrogens is 2. The summed E-state index contributed by atoms with van der Waals surface area (Å²) in [5.74, 6) is -0.398. The van der Waals surface area contributed by atoms with Crippen molar-refractivity contribution in [2.75, 3.05) is 72.6 Å². The summed E-state index contributed by atoms with van der Waals surface area (Å²) in [4.78, 5) is 13.9. The zero-order valence-electron chi connectivity index (χ0n) is 26.7. The number of anilines is 1. The van der Waals surface area contributed by atoms with Crippen LogP contribution in [-0.4, -0.2) is 105 Å². The number of nitrogens with zero attached hydrogens (tertiary/aromatic N) is 4. The molecule has 0 radical (unpaired) electrons. The number of hydrogen-bond acceptors (Lipinski definition) is 10. The molecule has 3 aliphatic heterocycles. The molecule has 5 aliphatic rings. The lowest BCUT2D eigenvalue weighted by atomic mass is 9.76. The maximum Gasteiger partial charge on any atom is 0.223 e. The van der Waals surface area contributed by atoms with Gasteiger partial charge < -0.3 is 38.8 Å². The lowest BCUT2D eigenvalue weighted by molar-refractivity contribution is -0.143. The second-order valence-corrected chi connectivity index (χ2v) is 13.0. The zero-order chi connectivity index (χ0) is 31.6. The Morgan fingerprint density at radius 1 is 1.02 bits per heavy atom. The molecule has 12 heteroatoms. The van der Waals surface area contributed by atoms with Gasteiger partial charge in [-0.2, -0.15) is 0 Å². The SMILES string of the molecule is COC1=CC(OC)=C(F)C(COc2cnc(NC3(C)C=CC(N4CCC(N5CCC6(CC5)COC6)CC4)=C(OC)C3)nc2)C1F. The summed E-state index contributed by atoms with van der Waals surface area (Å²) >= 11 is 0. The minimum absolute atomic E-state index is 0.0150. The highest BCUT2D eigenvalue weighted by Crippen LogP contribution is 2.40. The summed E-state index contributed by atoms with van der Waals surface area (Å²) in [6, 6.07) is 0.647. The minimum atomic E-state index is -1.70. The van der Waals surface area contributed by atoms with Gasteiger partial charge in [-0.15, -0.1) is 0 Å². The van der Waals surface area contributed by atoms with Crippen molar-refractivity contribution in [1.29, 1.82) is 0 Å². The number of hydrogen-bond donors (Lipinski definition) is 1. The molecule has 1 aromatic heterocycles. The summed E-state index contributed by atoms with van der Waals surface area (Å²) in [6.07, 6.45) is 12.2. The third-order valence-electron chi connectivity index (χ3n) is 10.0. The van der Waals surface area contributed by atoms with Crippen molar-refractivity contribution in [3.8, 4) is 5.75 Å². The third kappa shape index (κ3) is 6.63. The Labute approximate surface area is 264 Å². The number of likely N-dealkylation sites (tertiary alicyclic amines) is 2. The van der Waals surface area contributed by atoms with E-state index >= 15 is 0 Å². The number of piperidine rings is 2. The Balaban J connectivity index is 1.01. The molecule has 4 heterocycles. The highest BCUT2D eigenvalue weighted by atomic mass is 19.1. The monoisotopic (exact) mass is 629 g/mol. The highest BCUT2D eigenvalue weighted by molar-refractivity contribution is 5.41. The topological polar surface area (TPSA) is 90.4 Å². The molecule has 0 amide bonds. The summed E-state index contributed by atoms with van der Waals surface area (Å²) in [7, 11) is 4.38. The second-order valence-electron chi connectivity index (χ2n) is 13.0. The third-order valence-corrected chi connectivity index (χ3v) is 10.0. The first-order valence-electron chi connectivity index (χ1n) is 15.8. The van der Waals surface area contributed by atoms with Crippen molar-refractivity contribution in [2.45, 2.75) is 56.8 Å². The summed E-state index contributed by atoms with van der Waals surface area (Å²) in [5.41, 5.74) is 1.14. The fourth-order valence-corrected chi connectivity index (χ4v) is 7.07. The Hall–Kier alpha value is -3.38. The van der Waals surface area contributed by atoms with Gasteiger partial charge in [0, 0.05) is 37.0 Å². The van der Waals surface area contributed by atoms with Crippen molar-refractivity contribution in [3.63, 3.8) is 0 Å². The summed E-state index contributed by atoms with van der Waals surface area (Å²) in [5, 5.41) is 3.40. The predicted octanol–water partition coefficient (Wildman–Crippen LogP) is 4.75. The molecule has 3 atom stereocenters. The van der Waals surface area contributed by atoms with Crippen molar-refractivity contribution >= 4 is 5.95 Å². The molecule has 3 saturated heterocycles. The highest BCUT2D eigenvalue weighted by Gasteiger charge is 2.43. The van der Waals surface area contributed by atoms with E-state index in [1.54, 1.807) is 7.11 Å². The van der Waals surface area contributed by atoms with Crippen molar-refractivity contribution < 1.29 is 32.5 Å². The number of alkyl halides is 1. The van der Waals surface area contributed by atoms with Crippen LogP contribution in [0.5, 0.6) is 5.75 Å². The Bertz CT molecular complexity index is 1330. The van der Waals surface area contributed by atoms with E-state index in [0.29, 0.717) is 29.6 Å². The quantitative estimate of drug-likeness (QED) is 0.391. The lowest BCUT2D eigenvalue weighted by Crippen LogP contribution is -2.54. The summed E-state index contributed by atoms with van der Waals surface area (Å²) in [6.45, 7) is 8.11. The first kappa shape index (κ1) is 31.6. The normalized spacial score (nSPS) is 28.9. The standard InChI is InChI=1S/C33H45F2N5O5/c1-32(38-31-36-17-23(18-37-31)45-19-24-29(34)26(41-2)15-27(42-3)30(24)35)8-5-25(28(16-32)43-4)40-11-6-22(7-12-40)39-13-9-33(10-14-39)20-44-21-33/h5,8,15,17-18,22,24,29H,6-7,9-14,16,19-21H2,1-4H3,(H,36,37,38). The van der Waals surface area contributed by atoms with Crippen molar-refractivity contribution in [2.24, 2.45) is 11.3 Å².